The van der Waals surface area contributed by atoms with Crippen LogP contribution in [0.2, 0.25) is 5.02 Å². The van der Waals surface area contributed by atoms with E-state index in [9.17, 15) is 19.4 Å². The van der Waals surface area contributed by atoms with Gasteiger partial charge in [-0.2, -0.15) is 0 Å². The molecule has 1 unspecified atom stereocenters. The van der Waals surface area contributed by atoms with Gasteiger partial charge in [0.2, 0.25) is 11.7 Å². The van der Waals surface area contributed by atoms with Crippen molar-refractivity contribution >= 4 is 34.5 Å². The molecule has 0 bridgehead atoms. The Labute approximate surface area is 234 Å². The molecule has 2 heterocycles. The number of nitrogens with one attached hydrogen (secondary N) is 2. The van der Waals surface area contributed by atoms with Crippen molar-refractivity contribution in [2.45, 2.75) is 38.1 Å². The Bertz CT molecular complexity index is 1720. The number of carbonyl (C=O) groups excluding carboxylic acids is 1. The molecule has 4 N–H and O–H groups in total. The Kier molecular flexibility index (Phi) is 6.45. The lowest BCUT2D eigenvalue weighted by molar-refractivity contribution is -0.132. The summed E-state index contributed by atoms with van der Waals surface area (Å²) in [6, 6.07) is 11.5. The number of amides is 1. The third-order valence-electron chi connectivity index (χ3n) is 7.90. The highest BCUT2D eigenvalue weighted by molar-refractivity contribution is 6.30. The highest BCUT2D eigenvalue weighted by Gasteiger charge is 2.75. The van der Waals surface area contributed by atoms with Gasteiger partial charge in [0, 0.05) is 30.1 Å². The number of carbonyl (C=O) groups is 1. The maximum absolute atomic E-state index is 14.1. The van der Waals surface area contributed by atoms with Crippen LogP contribution in [0.4, 0.5) is 10.2 Å². The van der Waals surface area contributed by atoms with Gasteiger partial charge in [0.1, 0.15) is 11.9 Å². The number of hydrogen-bond donors (Lipinski definition) is 4. The lowest BCUT2D eigenvalue weighted by Gasteiger charge is -2.23. The SMILES string of the molecule is CNC(=O)[C@@]12CC1[C@@H](n1cnc3c(NCc4cccc(Cl)c4)nc(C#Cc4ccc(C)c(F)c4)nc31)[C@H](O)[C@@H]2O. The average molecular weight is 561 g/mol. The van der Waals surface area contributed by atoms with Crippen LogP contribution < -0.4 is 10.6 Å². The topological polar surface area (TPSA) is 125 Å². The number of aryl methyl sites for hydroxylation is 1. The summed E-state index contributed by atoms with van der Waals surface area (Å²) < 4.78 is 15.8. The van der Waals surface area contributed by atoms with Crippen LogP contribution in [0, 0.1) is 35.9 Å². The van der Waals surface area contributed by atoms with Crippen LogP contribution in [-0.2, 0) is 11.3 Å². The van der Waals surface area contributed by atoms with E-state index in [4.69, 9.17) is 11.6 Å². The van der Waals surface area contributed by atoms with Gasteiger partial charge in [-0.1, -0.05) is 35.7 Å². The van der Waals surface area contributed by atoms with E-state index < -0.39 is 23.7 Å². The monoisotopic (exact) mass is 560 g/mol. The molecule has 2 fully saturated rings. The number of aliphatic hydroxyl groups excluding tert-OH is 2. The lowest BCUT2D eigenvalue weighted by atomic mass is 9.98. The fourth-order valence-electron chi connectivity index (χ4n) is 5.73. The molecule has 2 aliphatic carbocycles. The van der Waals surface area contributed by atoms with Gasteiger partial charge in [-0.05, 0) is 54.7 Å². The maximum atomic E-state index is 14.1. The molecule has 4 aromatic rings. The lowest BCUT2D eigenvalue weighted by Crippen LogP contribution is -2.41. The highest BCUT2D eigenvalue weighted by atomic mass is 35.5. The fraction of sp³-hybridized carbons (Fsp3) is 0.310. The molecular weight excluding hydrogens is 535 g/mol. The summed E-state index contributed by atoms with van der Waals surface area (Å²) in [5.74, 6) is 5.44. The Hall–Kier alpha value is -4.04. The zero-order valence-electron chi connectivity index (χ0n) is 21.7. The number of benzene rings is 2. The summed E-state index contributed by atoms with van der Waals surface area (Å²) in [5.41, 5.74) is 1.69. The number of anilines is 1. The number of fused-ring (bicyclic) bond motifs is 2. The molecule has 2 saturated carbocycles. The van der Waals surface area contributed by atoms with E-state index in [-0.39, 0.29) is 23.5 Å². The van der Waals surface area contributed by atoms with Crippen molar-refractivity contribution in [3.05, 3.63) is 82.1 Å². The fourth-order valence-corrected chi connectivity index (χ4v) is 5.94. The number of hydrogen-bond acceptors (Lipinski definition) is 7. The summed E-state index contributed by atoms with van der Waals surface area (Å²) in [7, 11) is 1.52. The average Bonchev–Trinajstić information content (AvgIpc) is 3.48. The van der Waals surface area contributed by atoms with Crippen LogP contribution in [0.25, 0.3) is 11.2 Å². The standard InChI is InChI=1S/C29H26ClFN6O3/c1-15-6-7-16(11-20(15)31)8-9-21-35-26(33-13-17-4-3-5-18(30)10-17)22-27(36-21)37(14-34-22)23-19-12-29(19,28(40)32-2)25(39)24(23)38/h3-7,10-11,14,19,23-25,38-39H,12-13H2,1-2H3,(H,32,40)(H,33,35,36)/t19?,23-,24+,25+,29+/m1/s1. The van der Waals surface area contributed by atoms with Gasteiger partial charge >= 0.3 is 0 Å². The first kappa shape index (κ1) is 26.2. The van der Waals surface area contributed by atoms with Crippen LogP contribution >= 0.6 is 11.6 Å². The molecule has 5 atom stereocenters. The van der Waals surface area contributed by atoms with E-state index in [2.05, 4.69) is 37.4 Å². The van der Waals surface area contributed by atoms with E-state index >= 15 is 0 Å². The first-order chi connectivity index (χ1) is 19.2. The molecule has 11 heteroatoms. The van der Waals surface area contributed by atoms with Gasteiger partial charge in [0.15, 0.2) is 17.0 Å². The van der Waals surface area contributed by atoms with E-state index in [1.807, 2.05) is 18.2 Å². The number of halogens is 2. The summed E-state index contributed by atoms with van der Waals surface area (Å²) >= 11 is 6.14. The quantitative estimate of drug-likeness (QED) is 0.277. The molecule has 6 rings (SSSR count). The zero-order chi connectivity index (χ0) is 28.2. The van der Waals surface area contributed by atoms with E-state index in [0.717, 1.165) is 5.56 Å². The first-order valence-corrected chi connectivity index (χ1v) is 13.2. The number of rotatable bonds is 5. The minimum Gasteiger partial charge on any atom is -0.389 e. The summed E-state index contributed by atoms with van der Waals surface area (Å²) in [5, 5.41) is 28.3. The predicted octanol–water partition coefficient (Wildman–Crippen LogP) is 2.97. The Morgan fingerprint density at radius 1 is 1.23 bits per heavy atom. The van der Waals surface area contributed by atoms with Crippen molar-refractivity contribution in [2.24, 2.45) is 11.3 Å². The van der Waals surface area contributed by atoms with Gasteiger partial charge in [0.25, 0.3) is 0 Å². The number of aliphatic hydroxyl groups is 2. The minimum absolute atomic E-state index is 0.158. The van der Waals surface area contributed by atoms with Gasteiger partial charge in [-0.3, -0.25) is 4.79 Å². The molecule has 0 saturated heterocycles. The van der Waals surface area contributed by atoms with Crippen molar-refractivity contribution in [3.8, 4) is 11.8 Å². The van der Waals surface area contributed by atoms with Crippen molar-refractivity contribution < 1.29 is 19.4 Å². The largest absolute Gasteiger partial charge is 0.389 e. The number of aromatic nitrogens is 4. The summed E-state index contributed by atoms with van der Waals surface area (Å²) in [4.78, 5) is 26.4. The Morgan fingerprint density at radius 3 is 2.80 bits per heavy atom. The molecular formula is C29H26ClFN6O3. The normalized spacial score (nSPS) is 24.8. The molecule has 0 radical (unpaired) electrons. The van der Waals surface area contributed by atoms with Gasteiger partial charge in [-0.25, -0.2) is 19.3 Å². The molecule has 0 aliphatic heterocycles. The molecule has 2 aliphatic rings. The van der Waals surface area contributed by atoms with Crippen LogP contribution in [0.5, 0.6) is 0 Å². The van der Waals surface area contributed by atoms with Crippen LogP contribution in [0.1, 0.15) is 35.0 Å². The van der Waals surface area contributed by atoms with Crippen LogP contribution in [-0.4, -0.2) is 54.9 Å². The number of nitrogens with zero attached hydrogens (tertiary/aromatic N) is 4. The summed E-state index contributed by atoms with van der Waals surface area (Å²) in [6.07, 6.45) is -0.449. The van der Waals surface area contributed by atoms with Crippen molar-refractivity contribution in [1.82, 2.24) is 24.8 Å². The molecule has 204 valence electrons. The second-order valence-corrected chi connectivity index (χ2v) is 10.7. The predicted molar refractivity (Wildman–Crippen MR) is 147 cm³/mol. The molecule has 2 aromatic carbocycles. The summed E-state index contributed by atoms with van der Waals surface area (Å²) in [6.45, 7) is 2.07. The third kappa shape index (κ3) is 4.27. The highest BCUT2D eigenvalue weighted by Crippen LogP contribution is 2.67. The van der Waals surface area contributed by atoms with Crippen LogP contribution in [0.15, 0.2) is 48.8 Å². The van der Waals surface area contributed by atoms with Crippen LogP contribution in [0.3, 0.4) is 0 Å². The smallest absolute Gasteiger partial charge is 0.229 e. The van der Waals surface area contributed by atoms with Gasteiger partial charge < -0.3 is 25.4 Å². The Morgan fingerprint density at radius 2 is 2.05 bits per heavy atom. The molecule has 0 spiro atoms. The second-order valence-electron chi connectivity index (χ2n) is 10.3. The molecule has 40 heavy (non-hydrogen) atoms. The second kappa shape index (κ2) is 9.86. The first-order valence-electron chi connectivity index (χ1n) is 12.8. The molecule has 1 amide bonds. The van der Waals surface area contributed by atoms with E-state index in [1.165, 1.54) is 19.4 Å². The van der Waals surface area contributed by atoms with E-state index in [0.29, 0.717) is 46.1 Å². The zero-order valence-corrected chi connectivity index (χ0v) is 22.4. The molecule has 9 nitrogen and oxygen atoms in total. The third-order valence-corrected chi connectivity index (χ3v) is 8.14. The van der Waals surface area contributed by atoms with Gasteiger partial charge in [-0.15, -0.1) is 0 Å². The van der Waals surface area contributed by atoms with E-state index in [1.54, 1.807) is 29.7 Å². The van der Waals surface area contributed by atoms with Crippen molar-refractivity contribution in [1.29, 1.82) is 0 Å². The maximum Gasteiger partial charge on any atom is 0.229 e. The molecule has 2 aromatic heterocycles. The van der Waals surface area contributed by atoms with Gasteiger partial charge in [0.05, 0.1) is 23.9 Å². The van der Waals surface area contributed by atoms with Crippen molar-refractivity contribution in [3.63, 3.8) is 0 Å². The Balaban J connectivity index is 1.42. The van der Waals surface area contributed by atoms with Crippen molar-refractivity contribution in [2.75, 3.05) is 12.4 Å². The number of imidazole rings is 1. The minimum atomic E-state index is -1.22.